The number of rotatable bonds is 8. The van der Waals surface area contributed by atoms with Gasteiger partial charge in [0.2, 0.25) is 5.91 Å². The van der Waals surface area contributed by atoms with E-state index >= 15 is 0 Å². The van der Waals surface area contributed by atoms with E-state index < -0.39 is 0 Å². The van der Waals surface area contributed by atoms with E-state index in [4.69, 9.17) is 9.47 Å². The van der Waals surface area contributed by atoms with E-state index in [1.807, 2.05) is 24.3 Å². The summed E-state index contributed by atoms with van der Waals surface area (Å²) in [6.45, 7) is 4.75. The molecular weight excluding hydrogens is 368 g/mol. The van der Waals surface area contributed by atoms with Crippen LogP contribution in [-0.4, -0.2) is 44.7 Å². The summed E-state index contributed by atoms with van der Waals surface area (Å²) >= 11 is 0. The average Bonchev–Trinajstić information content (AvgIpc) is 3.35. The van der Waals surface area contributed by atoms with E-state index in [9.17, 15) is 9.59 Å². The van der Waals surface area contributed by atoms with Crippen LogP contribution < -0.4 is 15.4 Å². The van der Waals surface area contributed by atoms with Crippen LogP contribution in [0.4, 0.5) is 0 Å². The molecule has 0 aromatic heterocycles. The predicted molar refractivity (Wildman–Crippen MR) is 105 cm³/mol. The number of nitrogens with one attached hydrogen (secondary N) is 2. The Balaban J connectivity index is 0.00000261. The van der Waals surface area contributed by atoms with Crippen LogP contribution in [0, 0.1) is 11.3 Å². The van der Waals surface area contributed by atoms with Crippen LogP contribution in [0.25, 0.3) is 0 Å². The lowest BCUT2D eigenvalue weighted by molar-refractivity contribution is -0.145. The molecule has 3 rings (SSSR count). The zero-order chi connectivity index (χ0) is 18.4. The van der Waals surface area contributed by atoms with Gasteiger partial charge >= 0.3 is 5.97 Å². The minimum Gasteiger partial charge on any atom is -0.482 e. The molecule has 1 amide bonds. The zero-order valence-electron chi connectivity index (χ0n) is 15.8. The van der Waals surface area contributed by atoms with Gasteiger partial charge in [-0.1, -0.05) is 12.1 Å². The van der Waals surface area contributed by atoms with E-state index in [0.29, 0.717) is 18.9 Å². The lowest BCUT2D eigenvalue weighted by Crippen LogP contribution is -2.34. The van der Waals surface area contributed by atoms with Crippen molar-refractivity contribution in [2.24, 2.45) is 11.3 Å². The van der Waals surface area contributed by atoms with Gasteiger partial charge in [0.1, 0.15) is 5.75 Å². The second-order valence-corrected chi connectivity index (χ2v) is 7.15. The number of piperidine rings is 1. The molecule has 2 aliphatic rings. The third-order valence-electron chi connectivity index (χ3n) is 5.40. The molecule has 2 fully saturated rings. The Morgan fingerprint density at radius 2 is 1.93 bits per heavy atom. The summed E-state index contributed by atoms with van der Waals surface area (Å²) in [7, 11) is 0. The van der Waals surface area contributed by atoms with E-state index in [0.717, 1.165) is 44.3 Å². The molecular formula is C20H29ClN2O4. The number of ether oxygens (including phenoxy) is 2. The maximum Gasteiger partial charge on any atom is 0.344 e. The summed E-state index contributed by atoms with van der Waals surface area (Å²) in [5.41, 5.74) is 1.41. The first kappa shape index (κ1) is 21.5. The number of hydrogen-bond acceptors (Lipinski definition) is 5. The Bertz CT molecular complexity index is 629. The van der Waals surface area contributed by atoms with Crippen molar-refractivity contribution < 1.29 is 19.1 Å². The van der Waals surface area contributed by atoms with Crippen molar-refractivity contribution in [3.8, 4) is 5.75 Å². The van der Waals surface area contributed by atoms with E-state index in [1.54, 1.807) is 6.92 Å². The van der Waals surface area contributed by atoms with Gasteiger partial charge in [0.25, 0.3) is 0 Å². The molecule has 27 heavy (non-hydrogen) atoms. The predicted octanol–water partition coefficient (Wildman–Crippen LogP) is 2.10. The van der Waals surface area contributed by atoms with Gasteiger partial charge in [0.05, 0.1) is 6.61 Å². The molecule has 1 atom stereocenters. The van der Waals surface area contributed by atoms with E-state index in [-0.39, 0.29) is 42.2 Å². The summed E-state index contributed by atoms with van der Waals surface area (Å²) in [5.74, 6) is 0.687. The fourth-order valence-corrected chi connectivity index (χ4v) is 3.75. The highest BCUT2D eigenvalue weighted by Gasteiger charge is 2.57. The smallest absolute Gasteiger partial charge is 0.344 e. The lowest BCUT2D eigenvalue weighted by atomic mass is 9.92. The summed E-state index contributed by atoms with van der Waals surface area (Å²) in [6.07, 6.45) is 4.08. The average molecular weight is 397 g/mol. The number of esters is 1. The molecule has 0 bridgehead atoms. The SMILES string of the molecule is CCOC(=O)COc1ccc(CCNC(=O)C2CC23CCNCC3)cc1.Cl. The maximum atomic E-state index is 12.3. The molecule has 1 saturated carbocycles. The van der Waals surface area contributed by atoms with Crippen LogP contribution in [0.2, 0.25) is 0 Å². The first-order valence-corrected chi connectivity index (χ1v) is 9.49. The fraction of sp³-hybridized carbons (Fsp3) is 0.600. The first-order chi connectivity index (χ1) is 12.6. The molecule has 2 N–H and O–H groups in total. The Kier molecular flexibility index (Phi) is 7.92. The fourth-order valence-electron chi connectivity index (χ4n) is 3.75. The molecule has 7 heteroatoms. The van der Waals surface area contributed by atoms with Gasteiger partial charge in [-0.2, -0.15) is 0 Å². The standard InChI is InChI=1S/C20H28N2O4.ClH/c1-2-25-18(23)14-26-16-5-3-15(4-6-16)7-10-22-19(24)17-13-20(17)8-11-21-12-9-20;/h3-6,17,21H,2,7-14H2,1H3,(H,22,24);1H. The Morgan fingerprint density at radius 3 is 2.59 bits per heavy atom. The van der Waals surface area contributed by atoms with Crippen LogP contribution in [0.5, 0.6) is 5.75 Å². The van der Waals surface area contributed by atoms with Gasteiger partial charge in [-0.3, -0.25) is 4.79 Å². The second kappa shape index (κ2) is 9.95. The molecule has 6 nitrogen and oxygen atoms in total. The Hall–Kier alpha value is -1.79. The molecule has 150 valence electrons. The largest absolute Gasteiger partial charge is 0.482 e. The minimum atomic E-state index is -0.370. The maximum absolute atomic E-state index is 12.3. The highest BCUT2D eigenvalue weighted by atomic mass is 35.5. The molecule has 1 saturated heterocycles. The topological polar surface area (TPSA) is 76.7 Å². The van der Waals surface area contributed by atoms with Crippen molar-refractivity contribution in [1.82, 2.24) is 10.6 Å². The molecule has 1 aromatic rings. The van der Waals surface area contributed by atoms with Gasteiger partial charge in [0, 0.05) is 12.5 Å². The third-order valence-corrected chi connectivity index (χ3v) is 5.40. The Morgan fingerprint density at radius 1 is 1.22 bits per heavy atom. The van der Waals surface area contributed by atoms with Crippen molar-refractivity contribution >= 4 is 24.3 Å². The number of hydrogen-bond donors (Lipinski definition) is 2. The van der Waals surface area contributed by atoms with Gasteiger partial charge in [-0.05, 0) is 68.8 Å². The monoisotopic (exact) mass is 396 g/mol. The number of carbonyl (C=O) groups excluding carboxylic acids is 2. The normalized spacial score (nSPS) is 19.7. The van der Waals surface area contributed by atoms with E-state index in [2.05, 4.69) is 10.6 Å². The summed E-state index contributed by atoms with van der Waals surface area (Å²) in [6, 6.07) is 7.58. The molecule has 1 unspecified atom stereocenters. The van der Waals surface area contributed by atoms with Crippen LogP contribution in [0.3, 0.4) is 0 Å². The molecule has 1 aliphatic carbocycles. The van der Waals surface area contributed by atoms with Crippen molar-refractivity contribution in [3.63, 3.8) is 0 Å². The van der Waals surface area contributed by atoms with Crippen molar-refractivity contribution in [3.05, 3.63) is 29.8 Å². The number of halogens is 1. The minimum absolute atomic E-state index is 0. The zero-order valence-corrected chi connectivity index (χ0v) is 16.6. The van der Waals surface area contributed by atoms with E-state index in [1.165, 1.54) is 0 Å². The Labute approximate surface area is 166 Å². The van der Waals surface area contributed by atoms with Gasteiger partial charge < -0.3 is 20.1 Å². The summed E-state index contributed by atoms with van der Waals surface area (Å²) in [4.78, 5) is 23.6. The second-order valence-electron chi connectivity index (χ2n) is 7.15. The summed E-state index contributed by atoms with van der Waals surface area (Å²) in [5, 5.41) is 6.44. The number of benzene rings is 1. The van der Waals surface area contributed by atoms with Crippen LogP contribution in [-0.2, 0) is 20.7 Å². The van der Waals surface area contributed by atoms with Crippen molar-refractivity contribution in [2.45, 2.75) is 32.6 Å². The van der Waals surface area contributed by atoms with Crippen LogP contribution >= 0.6 is 12.4 Å². The van der Waals surface area contributed by atoms with Crippen molar-refractivity contribution in [2.75, 3.05) is 32.8 Å². The van der Waals surface area contributed by atoms with Crippen LogP contribution in [0.15, 0.2) is 24.3 Å². The molecule has 1 spiro atoms. The number of amides is 1. The highest BCUT2D eigenvalue weighted by molar-refractivity contribution is 5.85. The number of carbonyl (C=O) groups is 2. The molecule has 1 heterocycles. The van der Waals surface area contributed by atoms with Gasteiger partial charge in [-0.25, -0.2) is 4.79 Å². The van der Waals surface area contributed by atoms with Gasteiger partial charge in [-0.15, -0.1) is 12.4 Å². The quantitative estimate of drug-likeness (QED) is 0.658. The van der Waals surface area contributed by atoms with Crippen molar-refractivity contribution in [1.29, 1.82) is 0 Å². The molecule has 0 radical (unpaired) electrons. The lowest BCUT2D eigenvalue weighted by Gasteiger charge is -2.23. The first-order valence-electron chi connectivity index (χ1n) is 9.49. The van der Waals surface area contributed by atoms with Gasteiger partial charge in [0.15, 0.2) is 6.61 Å². The molecule has 1 aliphatic heterocycles. The molecule has 1 aromatic carbocycles. The highest BCUT2D eigenvalue weighted by Crippen LogP contribution is 2.58. The van der Waals surface area contributed by atoms with Crippen LogP contribution in [0.1, 0.15) is 31.7 Å². The third kappa shape index (κ3) is 5.84. The summed E-state index contributed by atoms with van der Waals surface area (Å²) < 4.78 is 10.2.